The normalized spacial score (nSPS) is 16.7. The van der Waals surface area contributed by atoms with E-state index in [0.29, 0.717) is 61.1 Å². The molecule has 0 aliphatic carbocycles. The summed E-state index contributed by atoms with van der Waals surface area (Å²) in [6.07, 6.45) is 3.42. The first-order valence-electron chi connectivity index (χ1n) is 11.6. The molecule has 0 bridgehead atoms. The van der Waals surface area contributed by atoms with Crippen LogP contribution in [0.5, 0.6) is 0 Å². The van der Waals surface area contributed by atoms with Gasteiger partial charge in [0.2, 0.25) is 0 Å². The van der Waals surface area contributed by atoms with Gasteiger partial charge >= 0.3 is 5.97 Å². The maximum Gasteiger partial charge on any atom is 0.338 e. The molecule has 0 spiro atoms. The van der Waals surface area contributed by atoms with Crippen LogP contribution in [0.2, 0.25) is 25.7 Å². The monoisotopic (exact) mass is 483 g/mol. The van der Waals surface area contributed by atoms with E-state index in [4.69, 9.17) is 19.2 Å². The number of anilines is 1. The van der Waals surface area contributed by atoms with E-state index in [1.807, 2.05) is 6.07 Å². The second kappa shape index (κ2) is 10.2. The Labute approximate surface area is 201 Å². The van der Waals surface area contributed by atoms with E-state index in [1.165, 1.54) is 7.11 Å². The van der Waals surface area contributed by atoms with Crippen LogP contribution in [0, 0.1) is 0 Å². The molecule has 1 aliphatic heterocycles. The van der Waals surface area contributed by atoms with E-state index in [0.717, 1.165) is 11.7 Å². The minimum Gasteiger partial charge on any atom is -0.465 e. The summed E-state index contributed by atoms with van der Waals surface area (Å²) < 4.78 is 18.4. The standard InChI is InChI=1S/C24H33N5O4Si/c1-17-15-32-11-10-28(17)21-14-19(24(30)31-2)18-6-8-25-23(22(18)27-21)20-7-9-26-29(20)16-33-12-13-34(3,4)5/h6-9,14,17H,10-13,15-16H2,1-5H3/t17-/m1/s1. The number of ether oxygens (including phenoxy) is 3. The van der Waals surface area contributed by atoms with Crippen molar-refractivity contribution < 1.29 is 19.0 Å². The Bertz CT molecular complexity index is 1160. The summed E-state index contributed by atoms with van der Waals surface area (Å²) in [5.41, 5.74) is 2.52. The number of hydrogen-bond acceptors (Lipinski definition) is 8. The average molecular weight is 484 g/mol. The van der Waals surface area contributed by atoms with Gasteiger partial charge in [0.1, 0.15) is 23.8 Å². The Kier molecular flexibility index (Phi) is 7.29. The zero-order chi connectivity index (χ0) is 24.3. The van der Waals surface area contributed by atoms with Gasteiger partial charge < -0.3 is 19.1 Å². The van der Waals surface area contributed by atoms with E-state index in [9.17, 15) is 4.79 Å². The summed E-state index contributed by atoms with van der Waals surface area (Å²) in [4.78, 5) is 24.5. The number of methoxy groups -OCH3 is 1. The number of hydrogen-bond donors (Lipinski definition) is 0. The van der Waals surface area contributed by atoms with E-state index in [1.54, 1.807) is 29.2 Å². The van der Waals surface area contributed by atoms with Gasteiger partial charge in [-0.2, -0.15) is 5.10 Å². The Morgan fingerprint density at radius 3 is 2.82 bits per heavy atom. The van der Waals surface area contributed by atoms with E-state index in [2.05, 4.69) is 41.5 Å². The highest BCUT2D eigenvalue weighted by molar-refractivity contribution is 6.76. The predicted octanol–water partition coefficient (Wildman–Crippen LogP) is 3.82. The van der Waals surface area contributed by atoms with E-state index >= 15 is 0 Å². The fraction of sp³-hybridized carbons (Fsp3) is 0.500. The number of nitrogens with zero attached hydrogens (tertiary/aromatic N) is 5. The molecule has 0 radical (unpaired) electrons. The molecule has 1 fully saturated rings. The first kappa shape index (κ1) is 24.3. The van der Waals surface area contributed by atoms with E-state index < -0.39 is 14.0 Å². The van der Waals surface area contributed by atoms with Gasteiger partial charge in [0, 0.05) is 39.0 Å². The second-order valence-corrected chi connectivity index (χ2v) is 15.4. The highest BCUT2D eigenvalue weighted by atomic mass is 28.3. The highest BCUT2D eigenvalue weighted by Gasteiger charge is 2.25. The van der Waals surface area contributed by atoms with Gasteiger partial charge in [0.15, 0.2) is 0 Å². The van der Waals surface area contributed by atoms with Gasteiger partial charge in [-0.25, -0.2) is 14.5 Å². The summed E-state index contributed by atoms with van der Waals surface area (Å²) in [6.45, 7) is 12.0. The van der Waals surface area contributed by atoms with Gasteiger partial charge in [-0.1, -0.05) is 19.6 Å². The summed E-state index contributed by atoms with van der Waals surface area (Å²) in [5, 5.41) is 5.14. The fourth-order valence-electron chi connectivity index (χ4n) is 3.99. The molecule has 0 amide bonds. The third-order valence-electron chi connectivity index (χ3n) is 5.95. The van der Waals surface area contributed by atoms with Gasteiger partial charge in [-0.3, -0.25) is 4.98 Å². The van der Waals surface area contributed by atoms with Gasteiger partial charge in [0.05, 0.1) is 37.6 Å². The van der Waals surface area contributed by atoms with Crippen molar-refractivity contribution in [1.29, 1.82) is 0 Å². The third-order valence-corrected chi connectivity index (χ3v) is 7.65. The predicted molar refractivity (Wildman–Crippen MR) is 134 cm³/mol. The summed E-state index contributed by atoms with van der Waals surface area (Å²) in [7, 11) is 0.213. The van der Waals surface area contributed by atoms with Crippen molar-refractivity contribution in [1.82, 2.24) is 19.7 Å². The lowest BCUT2D eigenvalue weighted by atomic mass is 10.1. The van der Waals surface area contributed by atoms with Crippen molar-refractivity contribution in [2.75, 3.05) is 38.4 Å². The van der Waals surface area contributed by atoms with Crippen LogP contribution in [-0.4, -0.2) is 73.3 Å². The lowest BCUT2D eigenvalue weighted by Crippen LogP contribution is -2.44. The van der Waals surface area contributed by atoms with Crippen molar-refractivity contribution in [3.05, 3.63) is 36.2 Å². The van der Waals surface area contributed by atoms with Crippen molar-refractivity contribution >= 4 is 30.8 Å². The van der Waals surface area contributed by atoms with Crippen molar-refractivity contribution in [3.63, 3.8) is 0 Å². The zero-order valence-electron chi connectivity index (χ0n) is 20.6. The molecule has 0 N–H and O–H groups in total. The number of pyridine rings is 2. The molecule has 3 aromatic heterocycles. The molecule has 3 aromatic rings. The minimum atomic E-state index is -1.18. The molecule has 9 nitrogen and oxygen atoms in total. The number of aromatic nitrogens is 4. The largest absolute Gasteiger partial charge is 0.465 e. The molecule has 0 saturated carbocycles. The van der Waals surface area contributed by atoms with Crippen LogP contribution in [0.1, 0.15) is 17.3 Å². The molecule has 1 atom stereocenters. The lowest BCUT2D eigenvalue weighted by Gasteiger charge is -2.34. The number of carbonyl (C=O) groups excluding carboxylic acids is 1. The fourth-order valence-corrected chi connectivity index (χ4v) is 4.74. The van der Waals surface area contributed by atoms with Crippen LogP contribution < -0.4 is 4.90 Å². The Morgan fingerprint density at radius 1 is 1.26 bits per heavy atom. The summed E-state index contributed by atoms with van der Waals surface area (Å²) >= 11 is 0. The molecule has 10 heteroatoms. The lowest BCUT2D eigenvalue weighted by molar-refractivity contribution is 0.0603. The molecule has 0 aromatic carbocycles. The molecular weight excluding hydrogens is 450 g/mol. The van der Waals surface area contributed by atoms with Crippen LogP contribution >= 0.6 is 0 Å². The molecule has 4 rings (SSSR count). The summed E-state index contributed by atoms with van der Waals surface area (Å²) in [6, 6.07) is 6.72. The van der Waals surface area contributed by atoms with Crippen molar-refractivity contribution in [2.24, 2.45) is 0 Å². The Morgan fingerprint density at radius 2 is 2.09 bits per heavy atom. The maximum absolute atomic E-state index is 12.7. The first-order chi connectivity index (χ1) is 16.3. The second-order valence-electron chi connectivity index (χ2n) is 9.76. The summed E-state index contributed by atoms with van der Waals surface area (Å²) in [5.74, 6) is 0.297. The highest BCUT2D eigenvalue weighted by Crippen LogP contribution is 2.31. The van der Waals surface area contributed by atoms with Crippen molar-refractivity contribution in [3.8, 4) is 11.4 Å². The number of fused-ring (bicyclic) bond motifs is 1. The Hall–Kier alpha value is -2.82. The molecule has 1 saturated heterocycles. The average Bonchev–Trinajstić information content (AvgIpc) is 3.28. The smallest absolute Gasteiger partial charge is 0.338 e. The zero-order valence-corrected chi connectivity index (χ0v) is 21.6. The SMILES string of the molecule is COC(=O)c1cc(N2CCOC[C@H]2C)nc2c(-c3ccnn3COCC[Si](C)(C)C)nccc12. The quantitative estimate of drug-likeness (QED) is 0.271. The maximum atomic E-state index is 12.7. The number of morpholine rings is 1. The minimum absolute atomic E-state index is 0.134. The number of esters is 1. The number of carbonyl (C=O) groups is 1. The molecule has 0 unspecified atom stereocenters. The number of rotatable bonds is 8. The molecule has 182 valence electrons. The Balaban J connectivity index is 1.75. The van der Waals surface area contributed by atoms with Gasteiger partial charge in [0.25, 0.3) is 0 Å². The topological polar surface area (TPSA) is 91.6 Å². The van der Waals surface area contributed by atoms with Crippen LogP contribution in [0.4, 0.5) is 5.82 Å². The van der Waals surface area contributed by atoms with E-state index in [-0.39, 0.29) is 6.04 Å². The third kappa shape index (κ3) is 5.29. The molecular formula is C24H33N5O4Si. The van der Waals surface area contributed by atoms with Crippen LogP contribution in [0.3, 0.4) is 0 Å². The van der Waals surface area contributed by atoms with Crippen molar-refractivity contribution in [2.45, 2.75) is 45.4 Å². The molecule has 4 heterocycles. The van der Waals surface area contributed by atoms with Crippen LogP contribution in [0.15, 0.2) is 30.6 Å². The van der Waals surface area contributed by atoms with Gasteiger partial charge in [-0.05, 0) is 31.2 Å². The molecule has 1 aliphatic rings. The molecule has 34 heavy (non-hydrogen) atoms. The first-order valence-corrected chi connectivity index (χ1v) is 15.3. The van der Waals surface area contributed by atoms with Crippen LogP contribution in [0.25, 0.3) is 22.3 Å². The van der Waals surface area contributed by atoms with Gasteiger partial charge in [-0.15, -0.1) is 0 Å². The van der Waals surface area contributed by atoms with Crippen LogP contribution in [-0.2, 0) is 20.9 Å².